The molecule has 1 unspecified atom stereocenters. The standard InChI is InChI=1S/C71H104N8O20/c1-12-16-48-32-41(4)31-42(5)33-56(94-10)63-57(95-11)35-44(7)71(92,99-63)64(85)67(88)78-29-14-13-18-51(78)68(89)98-62(45(8)52(80)37-53(48)81)43(6)34-47-21-24-54(55(36-47)93-9)97-39-74-70(91)96-38-46-19-22-49(23-20-46)75-65(86)50(17-15-28-73-69(72)90)76-66(87)61(40(2)3)77-58(82)27-30-79-59(83)25-26-60(79)84/h12,19-20,22-23,25-26,32,34,40,42,44-45,47-48,50-52,54-57,61-63,80,92H,1,13-18,21,24,27-31,33,35-39H2,2-11H3,(H,74,91)(H,75,86)(H,76,87)(H,77,82)(H3,72,73,90)/b41-32?,43-34+/t42-,44+,45+,47?,48+,50-,51-,52-,54+,55+,56-,57-,61-,62+,63+,71+/m0/s1. The second-order valence-electron chi connectivity index (χ2n) is 27.2. The quantitative estimate of drug-likeness (QED) is 0.0161. The number of fused-ring (bicyclic) bond motifs is 3. The van der Waals surface area contributed by atoms with Crippen LogP contribution in [0.2, 0.25) is 0 Å². The van der Waals surface area contributed by atoms with Crippen LogP contribution in [-0.2, 0) is 82.9 Å². The van der Waals surface area contributed by atoms with E-state index in [4.69, 9.17) is 38.9 Å². The third-order valence-corrected chi connectivity index (χ3v) is 19.3. The van der Waals surface area contributed by atoms with E-state index < -0.39 is 150 Å². The van der Waals surface area contributed by atoms with E-state index in [2.05, 4.69) is 33.2 Å². The van der Waals surface area contributed by atoms with Gasteiger partial charge in [-0.25, -0.2) is 14.4 Å². The van der Waals surface area contributed by atoms with Crippen molar-refractivity contribution in [1.29, 1.82) is 0 Å². The van der Waals surface area contributed by atoms with E-state index in [0.717, 1.165) is 27.5 Å². The van der Waals surface area contributed by atoms with Crippen molar-refractivity contribution in [1.82, 2.24) is 31.1 Å². The molecule has 1 saturated carbocycles. The number of nitrogens with one attached hydrogen (secondary N) is 5. The topological polar surface area (TPSA) is 385 Å². The summed E-state index contributed by atoms with van der Waals surface area (Å²) in [7, 11) is 4.55. The second-order valence-corrected chi connectivity index (χ2v) is 27.2. The molecule has 28 heteroatoms. The summed E-state index contributed by atoms with van der Waals surface area (Å²) in [6.45, 7) is 15.8. The molecule has 9 amide bonds. The van der Waals surface area contributed by atoms with Crippen LogP contribution >= 0.6 is 0 Å². The molecule has 4 heterocycles. The lowest BCUT2D eigenvalue weighted by atomic mass is 9.81. The number of rotatable bonds is 25. The van der Waals surface area contributed by atoms with Crippen molar-refractivity contribution in [2.45, 2.75) is 212 Å². The van der Waals surface area contributed by atoms with E-state index in [-0.39, 0.29) is 89.1 Å². The summed E-state index contributed by atoms with van der Waals surface area (Å²) < 4.78 is 42.0. The first kappa shape index (κ1) is 80.2. The van der Waals surface area contributed by atoms with Gasteiger partial charge in [-0.3, -0.25) is 48.6 Å². The van der Waals surface area contributed by atoms with E-state index in [1.54, 1.807) is 72.1 Å². The molecule has 4 aliphatic heterocycles. The maximum Gasteiger partial charge on any atom is 0.409 e. The Morgan fingerprint density at radius 2 is 1.53 bits per heavy atom. The molecule has 0 radical (unpaired) electrons. The molecular formula is C71H104N8O20. The number of urea groups is 1. The number of nitrogens with two attached hydrogens (primary N) is 1. The molecule has 28 nitrogen and oxygen atoms in total. The summed E-state index contributed by atoms with van der Waals surface area (Å²) in [5.41, 5.74) is 7.58. The van der Waals surface area contributed by atoms with Crippen molar-refractivity contribution >= 4 is 70.8 Å². The molecule has 0 spiro atoms. The second kappa shape index (κ2) is 38.2. The van der Waals surface area contributed by atoms with Gasteiger partial charge in [0, 0.05) is 89.4 Å². The van der Waals surface area contributed by atoms with Gasteiger partial charge in [0.1, 0.15) is 49.5 Å². The maximum atomic E-state index is 14.7. The van der Waals surface area contributed by atoms with Gasteiger partial charge in [-0.1, -0.05) is 70.6 Å². The van der Waals surface area contributed by atoms with Gasteiger partial charge in [0.25, 0.3) is 23.5 Å². The number of piperidine rings is 1. The fourth-order valence-corrected chi connectivity index (χ4v) is 13.6. The van der Waals surface area contributed by atoms with E-state index in [9.17, 15) is 63.0 Å². The van der Waals surface area contributed by atoms with Crippen LogP contribution in [0, 0.1) is 35.5 Å². The van der Waals surface area contributed by atoms with Gasteiger partial charge in [-0.2, -0.15) is 0 Å². The number of anilines is 1. The highest BCUT2D eigenvalue weighted by molar-refractivity contribution is 6.39. The number of carbonyl (C=O) groups is 11. The van der Waals surface area contributed by atoms with Gasteiger partial charge in [0.15, 0.2) is 0 Å². The molecule has 1 aliphatic carbocycles. The summed E-state index contributed by atoms with van der Waals surface area (Å²) in [5.74, 6) is -12.0. The third kappa shape index (κ3) is 22.6. The minimum Gasteiger partial charge on any atom is -0.456 e. The van der Waals surface area contributed by atoms with Crippen LogP contribution in [0.15, 0.2) is 72.4 Å². The van der Waals surface area contributed by atoms with Crippen LogP contribution in [0.3, 0.4) is 0 Å². The Hall–Kier alpha value is -7.73. The Bertz CT molecular complexity index is 3100. The average Bonchev–Trinajstić information content (AvgIpc) is 1.15. The molecule has 3 fully saturated rings. The Kier molecular flexibility index (Phi) is 30.9. The largest absolute Gasteiger partial charge is 0.456 e. The molecule has 1 aromatic carbocycles. The van der Waals surface area contributed by atoms with Crippen LogP contribution in [0.5, 0.6) is 0 Å². The van der Waals surface area contributed by atoms with Gasteiger partial charge >= 0.3 is 18.1 Å². The SMILES string of the molecule is C=CC[C@@H]1C=C(C)C[C@H](C)C[C@H](OC)[C@H]2O[C@@](O)(C(=O)C(=O)N3CCCC[C@H]3C(=O)O[C@H](/C(C)=C/C3CC[C@@H](OCNC(=O)OCc4ccc(NC(=O)[C@H](CCCNC(N)=O)NC(=O)[C@@H](NC(=O)CCN5C(=O)C=CC5=O)C(C)C)cc4)[C@H](OC)C3)[C@H](C)[C@@H](O)CC1=O)[C@H](C)C[C@@H]2OC. The number of cyclic esters (lactones) is 1. The molecule has 99 heavy (non-hydrogen) atoms. The maximum absolute atomic E-state index is 14.7. The molecule has 1 aromatic rings. The lowest BCUT2D eigenvalue weighted by Crippen LogP contribution is -2.64. The molecule has 9 N–H and O–H groups in total. The van der Waals surface area contributed by atoms with Crippen LogP contribution in [0.1, 0.15) is 144 Å². The van der Waals surface area contributed by atoms with Crippen molar-refractivity contribution in [3.05, 3.63) is 77.9 Å². The van der Waals surface area contributed by atoms with E-state index >= 15 is 0 Å². The number of hydrogen-bond donors (Lipinski definition) is 8. The number of ketones is 2. The highest BCUT2D eigenvalue weighted by atomic mass is 16.7. The number of methoxy groups -OCH3 is 3. The molecule has 16 atom stereocenters. The number of Topliss-reactive ketones (excluding diaryl/α,β-unsaturated/α-hetero) is 2. The van der Waals surface area contributed by atoms with E-state index in [1.165, 1.54) is 14.2 Å². The molecule has 548 valence electrons. The van der Waals surface area contributed by atoms with E-state index in [0.29, 0.717) is 68.2 Å². The van der Waals surface area contributed by atoms with Crippen molar-refractivity contribution in [3.63, 3.8) is 0 Å². The van der Waals surface area contributed by atoms with E-state index in [1.807, 2.05) is 26.0 Å². The number of aliphatic hydroxyl groups excluding tert-OH is 1. The Morgan fingerprint density at radius 1 is 0.848 bits per heavy atom. The van der Waals surface area contributed by atoms with Crippen molar-refractivity contribution in [3.8, 4) is 0 Å². The predicted octanol–water partition coefficient (Wildman–Crippen LogP) is 4.87. The number of aliphatic hydroxyl groups is 2. The number of benzene rings is 1. The zero-order valence-corrected chi connectivity index (χ0v) is 58.8. The first-order valence-corrected chi connectivity index (χ1v) is 34.3. The Morgan fingerprint density at radius 3 is 2.17 bits per heavy atom. The molecule has 5 aliphatic rings. The third-order valence-electron chi connectivity index (χ3n) is 19.3. The fourth-order valence-electron chi connectivity index (χ4n) is 13.6. The van der Waals surface area contributed by atoms with Gasteiger partial charge < -0.3 is 75.3 Å². The summed E-state index contributed by atoms with van der Waals surface area (Å²) >= 11 is 0. The van der Waals surface area contributed by atoms with Crippen molar-refractivity contribution < 1.29 is 96.1 Å². The Balaban J connectivity index is 1.07. The Labute approximate surface area is 579 Å². The zero-order valence-electron chi connectivity index (χ0n) is 58.8. The minimum absolute atomic E-state index is 0.0172. The van der Waals surface area contributed by atoms with Gasteiger partial charge in [0.05, 0.1) is 30.5 Å². The average molecular weight is 1390 g/mol. The van der Waals surface area contributed by atoms with Gasteiger partial charge in [-0.15, -0.1) is 6.58 Å². The van der Waals surface area contributed by atoms with Crippen LogP contribution in [0.25, 0.3) is 0 Å². The number of hydrogen-bond acceptors (Lipinski definition) is 20. The molecule has 2 bridgehead atoms. The normalized spacial score (nSPS) is 29.1. The monoisotopic (exact) mass is 1390 g/mol. The fraction of sp³-hybridized carbons (Fsp3) is 0.648. The summed E-state index contributed by atoms with van der Waals surface area (Å²) in [5, 5.41) is 37.4. The lowest BCUT2D eigenvalue weighted by molar-refractivity contribution is -0.302. The van der Waals surface area contributed by atoms with Crippen LogP contribution in [-0.4, -0.2) is 199 Å². The van der Waals surface area contributed by atoms with Gasteiger partial charge in [0.2, 0.25) is 23.5 Å². The number of alkyl carbamates (subject to hydrolysis) is 1. The lowest BCUT2D eigenvalue weighted by Gasteiger charge is -2.47. The first-order chi connectivity index (χ1) is 47.0. The number of ether oxygens (including phenoxy) is 7. The minimum atomic E-state index is -2.59. The molecular weight excluding hydrogens is 1280 g/mol. The summed E-state index contributed by atoms with van der Waals surface area (Å²) in [4.78, 5) is 148. The van der Waals surface area contributed by atoms with Crippen molar-refractivity contribution in [2.24, 2.45) is 41.2 Å². The number of nitrogens with zero attached hydrogens (tertiary/aromatic N) is 2. The predicted molar refractivity (Wildman–Crippen MR) is 361 cm³/mol. The number of esters is 1. The van der Waals surface area contributed by atoms with Crippen molar-refractivity contribution in [2.75, 3.05) is 53.0 Å². The zero-order chi connectivity index (χ0) is 72.8. The summed E-state index contributed by atoms with van der Waals surface area (Å²) in [6.07, 6.45) is 5.12. The molecule has 2 saturated heterocycles. The number of amides is 9. The number of carbonyl (C=O) groups excluding carboxylic acids is 11. The number of allylic oxidation sites excluding steroid dienone is 4. The number of primary amides is 1. The number of imide groups is 1. The molecule has 6 rings (SSSR count). The first-order valence-electron chi connectivity index (χ1n) is 34.3. The molecule has 0 aromatic heterocycles. The smallest absolute Gasteiger partial charge is 0.409 e. The highest BCUT2D eigenvalue weighted by Gasteiger charge is 2.57. The summed E-state index contributed by atoms with van der Waals surface area (Å²) in [6, 6.07) is 2.13. The highest BCUT2D eigenvalue weighted by Crippen LogP contribution is 2.40. The van der Waals surface area contributed by atoms with Crippen LogP contribution in [0.4, 0.5) is 15.3 Å². The van der Waals surface area contributed by atoms with Crippen LogP contribution < -0.4 is 32.3 Å². The van der Waals surface area contributed by atoms with Gasteiger partial charge in [-0.05, 0) is 132 Å².